The molecule has 0 atom stereocenters. The molecule has 1 aromatic carbocycles. The van der Waals surface area contributed by atoms with Crippen LogP contribution in [0.15, 0.2) is 34.9 Å². The molecule has 1 fully saturated rings. The molecule has 0 unspecified atom stereocenters. The molecule has 1 aliphatic rings. The van der Waals surface area contributed by atoms with Crippen molar-refractivity contribution in [3.63, 3.8) is 0 Å². The predicted molar refractivity (Wildman–Crippen MR) is 142 cm³/mol. The first kappa shape index (κ1) is 25.8. The Morgan fingerprint density at radius 3 is 2.86 bits per heavy atom. The van der Waals surface area contributed by atoms with Crippen molar-refractivity contribution < 1.29 is 9.53 Å². The van der Waals surface area contributed by atoms with Gasteiger partial charge in [-0.05, 0) is 74.2 Å². The number of hydrogen-bond acceptors (Lipinski definition) is 9. The Kier molecular flexibility index (Phi) is 8.90. The van der Waals surface area contributed by atoms with E-state index in [1.807, 2.05) is 19.0 Å². The summed E-state index contributed by atoms with van der Waals surface area (Å²) < 4.78 is 11.2. The number of rotatable bonds is 9. The van der Waals surface area contributed by atoms with Crippen LogP contribution in [0.2, 0.25) is 5.02 Å². The molecule has 0 spiro atoms. The fraction of sp³-hybridized carbons (Fsp3) is 0.391. The number of benzene rings is 1. The highest BCUT2D eigenvalue weighted by molar-refractivity contribution is 9.10. The van der Waals surface area contributed by atoms with E-state index in [-0.39, 0.29) is 5.91 Å². The van der Waals surface area contributed by atoms with E-state index < -0.39 is 0 Å². The third kappa shape index (κ3) is 7.11. The lowest BCUT2D eigenvalue weighted by Gasteiger charge is -2.19. The van der Waals surface area contributed by atoms with E-state index in [1.165, 1.54) is 11.5 Å². The predicted octanol–water partition coefficient (Wildman–Crippen LogP) is 4.64. The smallest absolute Gasteiger partial charge is 0.251 e. The number of nitrogens with zero attached hydrogens (tertiary/aromatic N) is 4. The van der Waals surface area contributed by atoms with Gasteiger partial charge in [-0.3, -0.25) is 4.79 Å². The Morgan fingerprint density at radius 2 is 2.09 bits per heavy atom. The molecular weight excluding hydrogens is 554 g/mol. The molecule has 35 heavy (non-hydrogen) atoms. The number of aromatic nitrogens is 3. The number of halogens is 2. The Labute approximate surface area is 221 Å². The molecule has 1 aliphatic heterocycles. The van der Waals surface area contributed by atoms with E-state index in [2.05, 4.69) is 46.2 Å². The number of carbonyl (C=O) groups excluding carboxylic acids is 1. The summed E-state index contributed by atoms with van der Waals surface area (Å²) in [6.45, 7) is 3.27. The number of carbonyl (C=O) groups is 1. The van der Waals surface area contributed by atoms with E-state index in [1.54, 1.807) is 30.5 Å². The molecule has 1 amide bonds. The second kappa shape index (κ2) is 12.1. The van der Waals surface area contributed by atoms with Crippen LogP contribution in [0.4, 0.5) is 10.9 Å². The van der Waals surface area contributed by atoms with Gasteiger partial charge in [0.15, 0.2) is 0 Å². The van der Waals surface area contributed by atoms with Crippen LogP contribution in [0.25, 0.3) is 0 Å². The monoisotopic (exact) mass is 579 g/mol. The van der Waals surface area contributed by atoms with E-state index >= 15 is 0 Å². The maximum absolute atomic E-state index is 12.5. The maximum Gasteiger partial charge on any atom is 0.251 e. The van der Waals surface area contributed by atoms with Gasteiger partial charge in [-0.15, -0.1) is 0 Å². The molecule has 0 aliphatic carbocycles. The second-order valence-electron chi connectivity index (χ2n) is 8.41. The molecule has 0 bridgehead atoms. The molecule has 0 radical (unpaired) electrons. The molecule has 1 saturated heterocycles. The Bertz CT molecular complexity index is 1170. The lowest BCUT2D eigenvalue weighted by atomic mass is 9.98. The standard InChI is InChI=1S/C23H27BrClN7O2S/c1-32(2)10-9-27-22(33)15-3-4-17(25)19(11-15)34-18-12-20(28-13-16(18)24)29-23-30-21(31-35-23)14-5-7-26-8-6-14/h3-4,11-14,26H,5-10H2,1-2H3,(H,27,33)(H,28,29,30,31). The van der Waals surface area contributed by atoms with Gasteiger partial charge in [0.25, 0.3) is 5.91 Å². The number of piperidine rings is 1. The first-order valence-corrected chi connectivity index (χ1v) is 13.2. The minimum absolute atomic E-state index is 0.190. The minimum atomic E-state index is -0.190. The molecule has 0 saturated carbocycles. The quantitative estimate of drug-likeness (QED) is 0.336. The van der Waals surface area contributed by atoms with Gasteiger partial charge in [-0.1, -0.05) is 11.6 Å². The highest BCUT2D eigenvalue weighted by Gasteiger charge is 2.20. The van der Waals surface area contributed by atoms with Crippen molar-refractivity contribution >= 4 is 55.9 Å². The molecular formula is C23H27BrClN7O2S. The number of nitrogens with one attached hydrogen (secondary N) is 3. The van der Waals surface area contributed by atoms with Crippen molar-refractivity contribution in [2.45, 2.75) is 18.8 Å². The summed E-state index contributed by atoms with van der Waals surface area (Å²) in [5.74, 6) is 2.50. The van der Waals surface area contributed by atoms with Crippen LogP contribution in [-0.2, 0) is 0 Å². The highest BCUT2D eigenvalue weighted by Crippen LogP contribution is 2.36. The fourth-order valence-electron chi connectivity index (χ4n) is 3.54. The molecule has 12 heteroatoms. The van der Waals surface area contributed by atoms with Gasteiger partial charge in [0.05, 0.1) is 9.50 Å². The number of amides is 1. The summed E-state index contributed by atoms with van der Waals surface area (Å²) >= 11 is 11.2. The molecule has 9 nitrogen and oxygen atoms in total. The van der Waals surface area contributed by atoms with Crippen LogP contribution in [0, 0.1) is 0 Å². The van der Waals surface area contributed by atoms with Crippen LogP contribution in [-0.4, -0.2) is 65.4 Å². The van der Waals surface area contributed by atoms with Gasteiger partial charge in [-0.25, -0.2) is 9.97 Å². The van der Waals surface area contributed by atoms with E-state index in [0.717, 1.165) is 38.3 Å². The fourth-order valence-corrected chi connectivity index (χ4v) is 4.65. The topological polar surface area (TPSA) is 104 Å². The van der Waals surface area contributed by atoms with Gasteiger partial charge in [0.1, 0.15) is 23.1 Å². The molecule has 3 aromatic rings. The van der Waals surface area contributed by atoms with Crippen molar-refractivity contribution in [3.8, 4) is 11.5 Å². The van der Waals surface area contributed by atoms with Crippen molar-refractivity contribution in [2.75, 3.05) is 45.6 Å². The summed E-state index contributed by atoms with van der Waals surface area (Å²) in [7, 11) is 3.91. The molecule has 3 heterocycles. The van der Waals surface area contributed by atoms with Gasteiger partial charge >= 0.3 is 0 Å². The number of likely N-dealkylation sites (N-methyl/N-ethyl adjacent to an activating group) is 1. The third-order valence-electron chi connectivity index (χ3n) is 5.46. The largest absolute Gasteiger partial charge is 0.454 e. The van der Waals surface area contributed by atoms with Crippen LogP contribution < -0.4 is 20.7 Å². The van der Waals surface area contributed by atoms with Crippen LogP contribution in [0.5, 0.6) is 11.5 Å². The van der Waals surface area contributed by atoms with Crippen LogP contribution >= 0.6 is 39.1 Å². The summed E-state index contributed by atoms with van der Waals surface area (Å²) in [5, 5.41) is 10.5. The molecule has 3 N–H and O–H groups in total. The van der Waals surface area contributed by atoms with E-state index in [9.17, 15) is 4.79 Å². The summed E-state index contributed by atoms with van der Waals surface area (Å²) in [5.41, 5.74) is 0.464. The van der Waals surface area contributed by atoms with Gasteiger partial charge in [0.2, 0.25) is 5.13 Å². The van der Waals surface area contributed by atoms with E-state index in [0.29, 0.717) is 50.0 Å². The minimum Gasteiger partial charge on any atom is -0.454 e. The Morgan fingerprint density at radius 1 is 1.29 bits per heavy atom. The van der Waals surface area contributed by atoms with Crippen molar-refractivity contribution in [1.29, 1.82) is 0 Å². The third-order valence-corrected chi connectivity index (χ3v) is 7.01. The van der Waals surface area contributed by atoms with Crippen LogP contribution in [0.1, 0.15) is 34.9 Å². The number of hydrogen-bond donors (Lipinski definition) is 3. The average Bonchev–Trinajstić information content (AvgIpc) is 3.31. The van der Waals surface area contributed by atoms with Crippen molar-refractivity contribution in [2.24, 2.45) is 0 Å². The van der Waals surface area contributed by atoms with Gasteiger partial charge in [-0.2, -0.15) is 4.37 Å². The lowest BCUT2D eigenvalue weighted by Crippen LogP contribution is -2.31. The van der Waals surface area contributed by atoms with Crippen molar-refractivity contribution in [3.05, 3.63) is 51.3 Å². The zero-order valence-electron chi connectivity index (χ0n) is 19.5. The summed E-state index contributed by atoms with van der Waals surface area (Å²) in [4.78, 5) is 23.6. The zero-order valence-corrected chi connectivity index (χ0v) is 22.6. The van der Waals surface area contributed by atoms with Gasteiger partial charge < -0.3 is 25.6 Å². The first-order valence-electron chi connectivity index (χ1n) is 11.3. The number of ether oxygens (including phenoxy) is 1. The normalized spacial score (nSPS) is 14.2. The second-order valence-corrected chi connectivity index (χ2v) is 10.4. The Balaban J connectivity index is 1.45. The Hall–Kier alpha value is -2.31. The number of anilines is 2. The molecule has 2 aromatic heterocycles. The highest BCUT2D eigenvalue weighted by atomic mass is 79.9. The zero-order chi connectivity index (χ0) is 24.8. The van der Waals surface area contributed by atoms with Gasteiger partial charge in [0, 0.05) is 48.4 Å². The summed E-state index contributed by atoms with van der Waals surface area (Å²) in [6.07, 6.45) is 3.72. The van der Waals surface area contributed by atoms with E-state index in [4.69, 9.17) is 16.3 Å². The molecule has 4 rings (SSSR count). The first-order chi connectivity index (χ1) is 16.9. The average molecular weight is 581 g/mol. The van der Waals surface area contributed by atoms with Crippen molar-refractivity contribution in [1.82, 2.24) is 29.9 Å². The summed E-state index contributed by atoms with van der Waals surface area (Å²) in [6, 6.07) is 6.69. The SMILES string of the molecule is CN(C)CCNC(=O)c1ccc(Cl)c(Oc2cc(Nc3nc(C4CCNCC4)ns3)ncc2Br)c1. The van der Waals surface area contributed by atoms with Crippen LogP contribution in [0.3, 0.4) is 0 Å². The lowest BCUT2D eigenvalue weighted by molar-refractivity contribution is 0.0950. The molecule has 186 valence electrons. The maximum atomic E-state index is 12.5. The number of pyridine rings is 1.